The van der Waals surface area contributed by atoms with Gasteiger partial charge in [-0.25, -0.2) is 9.59 Å². The summed E-state index contributed by atoms with van der Waals surface area (Å²) in [6.45, 7) is 0. The van der Waals surface area contributed by atoms with E-state index in [2.05, 4.69) is 5.32 Å². The summed E-state index contributed by atoms with van der Waals surface area (Å²) in [5.74, 6) is -1.06. The molecule has 1 aromatic heterocycles. The lowest BCUT2D eigenvalue weighted by molar-refractivity contribution is -0.136. The predicted octanol–water partition coefficient (Wildman–Crippen LogP) is 4.74. The first kappa shape index (κ1) is 19.6. The summed E-state index contributed by atoms with van der Waals surface area (Å²) >= 11 is 0. The summed E-state index contributed by atoms with van der Waals surface area (Å²) in [5, 5.41) is 12.2. The summed E-state index contributed by atoms with van der Waals surface area (Å²) in [7, 11) is 0. The van der Waals surface area contributed by atoms with Crippen LogP contribution in [0.5, 0.6) is 0 Å². The van der Waals surface area contributed by atoms with Gasteiger partial charge in [0.2, 0.25) is 0 Å². The molecule has 0 atom stereocenters. The third kappa shape index (κ3) is 3.50. The van der Waals surface area contributed by atoms with Crippen molar-refractivity contribution in [1.82, 2.24) is 0 Å². The Morgan fingerprint density at radius 1 is 0.938 bits per heavy atom. The maximum Gasteiger partial charge on any atom is 0.412 e. The van der Waals surface area contributed by atoms with E-state index >= 15 is 0 Å². The highest BCUT2D eigenvalue weighted by Crippen LogP contribution is 2.45. The first-order valence-electron chi connectivity index (χ1n) is 9.94. The number of aliphatic carboxylic acids is 1. The maximum absolute atomic E-state index is 12.7. The number of amides is 1. The van der Waals surface area contributed by atoms with Crippen molar-refractivity contribution in [2.75, 3.05) is 5.32 Å². The Balaban J connectivity index is 1.41. The molecule has 5 rings (SSSR count). The number of carboxylic acids is 1. The molecule has 1 aliphatic carbocycles. The van der Waals surface area contributed by atoms with E-state index in [1.54, 1.807) is 12.1 Å². The van der Waals surface area contributed by atoms with E-state index in [1.165, 1.54) is 6.07 Å². The van der Waals surface area contributed by atoms with Crippen LogP contribution in [-0.4, -0.2) is 17.2 Å². The van der Waals surface area contributed by atoms with Crippen LogP contribution in [0.1, 0.15) is 22.8 Å². The Hall–Kier alpha value is -4.39. The van der Waals surface area contributed by atoms with E-state index in [9.17, 15) is 14.4 Å². The molecule has 7 heteroatoms. The van der Waals surface area contributed by atoms with Crippen LogP contribution in [0.4, 0.5) is 10.5 Å². The Labute approximate surface area is 181 Å². The summed E-state index contributed by atoms with van der Waals surface area (Å²) in [4.78, 5) is 35.6. The first-order chi connectivity index (χ1) is 15.5. The summed E-state index contributed by atoms with van der Waals surface area (Å²) in [6, 6.07) is 21.4. The molecule has 3 aromatic carbocycles. The van der Waals surface area contributed by atoms with Crippen molar-refractivity contribution in [3.63, 3.8) is 0 Å². The standard InChI is InChI=1S/C25H17NO6/c27-22(28)11-14-12-23(29)31-21-13-15(9-10-16(14)21)26-25(30)32-24-19-7-3-1-5-17(19)18-6-2-4-8-20(18)24/h1-10,12-13,24H,11H2,(H,26,30)(H,27,28). The molecule has 4 aromatic rings. The highest BCUT2D eigenvalue weighted by Gasteiger charge is 2.31. The molecule has 0 fully saturated rings. The van der Waals surface area contributed by atoms with Gasteiger partial charge >= 0.3 is 17.7 Å². The second-order valence-corrected chi connectivity index (χ2v) is 7.46. The molecule has 0 radical (unpaired) electrons. The van der Waals surface area contributed by atoms with Crippen molar-refractivity contribution in [3.8, 4) is 11.1 Å². The number of rotatable bonds is 4. The van der Waals surface area contributed by atoms with E-state index in [1.807, 2.05) is 48.5 Å². The van der Waals surface area contributed by atoms with Crippen molar-refractivity contribution in [2.45, 2.75) is 12.5 Å². The SMILES string of the molecule is O=C(O)Cc1cc(=O)oc2cc(NC(=O)OC3c4ccccc4-c4ccccc43)ccc12. The van der Waals surface area contributed by atoms with Gasteiger partial charge in [-0.1, -0.05) is 48.5 Å². The first-order valence-corrected chi connectivity index (χ1v) is 9.94. The monoisotopic (exact) mass is 427 g/mol. The van der Waals surface area contributed by atoms with Crippen LogP contribution in [0.3, 0.4) is 0 Å². The second-order valence-electron chi connectivity index (χ2n) is 7.46. The van der Waals surface area contributed by atoms with Crippen LogP contribution in [0, 0.1) is 0 Å². The molecule has 7 nitrogen and oxygen atoms in total. The molecule has 0 unspecified atom stereocenters. The maximum atomic E-state index is 12.7. The van der Waals surface area contributed by atoms with Crippen molar-refractivity contribution in [3.05, 3.63) is 99.9 Å². The Kier molecular flexibility index (Phi) is 4.71. The smallest absolute Gasteiger partial charge is 0.412 e. The summed E-state index contributed by atoms with van der Waals surface area (Å²) < 4.78 is 11.0. The zero-order chi connectivity index (χ0) is 22.2. The minimum atomic E-state index is -1.06. The predicted molar refractivity (Wildman–Crippen MR) is 118 cm³/mol. The highest BCUT2D eigenvalue weighted by molar-refractivity contribution is 5.91. The quantitative estimate of drug-likeness (QED) is 0.456. The third-order valence-corrected chi connectivity index (χ3v) is 5.42. The van der Waals surface area contributed by atoms with Crippen molar-refractivity contribution in [2.24, 2.45) is 0 Å². The minimum absolute atomic E-state index is 0.183. The molecule has 0 aliphatic heterocycles. The summed E-state index contributed by atoms with van der Waals surface area (Å²) in [5.41, 5.74) is 4.10. The molecule has 1 aliphatic rings. The molecule has 2 N–H and O–H groups in total. The number of hydrogen-bond acceptors (Lipinski definition) is 5. The molecule has 158 valence electrons. The van der Waals surface area contributed by atoms with Gasteiger partial charge in [0.1, 0.15) is 5.58 Å². The van der Waals surface area contributed by atoms with Gasteiger partial charge < -0.3 is 14.3 Å². The van der Waals surface area contributed by atoms with E-state index in [0.29, 0.717) is 16.6 Å². The van der Waals surface area contributed by atoms with Crippen LogP contribution < -0.4 is 10.9 Å². The van der Waals surface area contributed by atoms with Gasteiger partial charge in [-0.05, 0) is 28.8 Å². The average Bonchev–Trinajstić information content (AvgIpc) is 3.07. The number of benzene rings is 3. The van der Waals surface area contributed by atoms with Crippen molar-refractivity contribution < 1.29 is 23.8 Å². The fourth-order valence-corrected chi connectivity index (χ4v) is 4.11. The van der Waals surface area contributed by atoms with Crippen LogP contribution in [0.15, 0.2) is 82.0 Å². The van der Waals surface area contributed by atoms with Gasteiger partial charge in [0.05, 0.1) is 6.42 Å². The lowest BCUT2D eigenvalue weighted by Crippen LogP contribution is -2.17. The Morgan fingerprint density at radius 2 is 1.59 bits per heavy atom. The topological polar surface area (TPSA) is 106 Å². The Bertz CT molecular complexity index is 1390. The molecule has 0 spiro atoms. The van der Waals surface area contributed by atoms with Crippen LogP contribution in [0.2, 0.25) is 0 Å². The number of nitrogens with one attached hydrogen (secondary N) is 1. The van der Waals surface area contributed by atoms with E-state index in [-0.39, 0.29) is 12.0 Å². The van der Waals surface area contributed by atoms with Crippen LogP contribution in [0.25, 0.3) is 22.1 Å². The van der Waals surface area contributed by atoms with Gasteiger partial charge in [0.15, 0.2) is 6.10 Å². The van der Waals surface area contributed by atoms with Gasteiger partial charge in [-0.15, -0.1) is 0 Å². The van der Waals surface area contributed by atoms with Crippen molar-refractivity contribution in [1.29, 1.82) is 0 Å². The number of anilines is 1. The summed E-state index contributed by atoms with van der Waals surface area (Å²) in [6.07, 6.45) is -1.51. The van der Waals surface area contributed by atoms with Crippen LogP contribution in [-0.2, 0) is 16.0 Å². The highest BCUT2D eigenvalue weighted by atomic mass is 16.6. The molecular weight excluding hydrogens is 410 g/mol. The molecular formula is C25H17NO6. The van der Waals surface area contributed by atoms with E-state index < -0.39 is 23.8 Å². The molecule has 1 heterocycles. The van der Waals surface area contributed by atoms with Gasteiger partial charge in [-0.3, -0.25) is 10.1 Å². The fourth-order valence-electron chi connectivity index (χ4n) is 4.11. The van der Waals surface area contributed by atoms with E-state index in [4.69, 9.17) is 14.3 Å². The number of carbonyl (C=O) groups excluding carboxylic acids is 1. The zero-order valence-corrected chi connectivity index (χ0v) is 16.7. The van der Waals surface area contributed by atoms with Gasteiger partial charge in [-0.2, -0.15) is 0 Å². The number of carboxylic acid groups (broad SMARTS) is 1. The number of carbonyl (C=O) groups is 2. The largest absolute Gasteiger partial charge is 0.481 e. The molecule has 0 bridgehead atoms. The molecule has 1 amide bonds. The number of hydrogen-bond donors (Lipinski definition) is 2. The molecule has 0 saturated heterocycles. The van der Waals surface area contributed by atoms with Gasteiger partial charge in [0.25, 0.3) is 0 Å². The number of fused-ring (bicyclic) bond motifs is 4. The average molecular weight is 427 g/mol. The lowest BCUT2D eigenvalue weighted by Gasteiger charge is -2.16. The molecule has 32 heavy (non-hydrogen) atoms. The molecule has 0 saturated carbocycles. The van der Waals surface area contributed by atoms with Crippen LogP contribution >= 0.6 is 0 Å². The lowest BCUT2D eigenvalue weighted by atomic mass is 10.1. The Morgan fingerprint density at radius 3 is 2.25 bits per heavy atom. The normalized spacial score (nSPS) is 12.2. The van der Waals surface area contributed by atoms with Gasteiger partial charge in [0, 0.05) is 34.3 Å². The fraction of sp³-hybridized carbons (Fsp3) is 0.0800. The minimum Gasteiger partial charge on any atom is -0.481 e. The zero-order valence-electron chi connectivity index (χ0n) is 16.7. The van der Waals surface area contributed by atoms with Crippen molar-refractivity contribution >= 4 is 28.7 Å². The second kappa shape index (κ2) is 7.70. The number of ether oxygens (including phenoxy) is 1. The third-order valence-electron chi connectivity index (χ3n) is 5.42. The van der Waals surface area contributed by atoms with E-state index in [0.717, 1.165) is 28.3 Å².